The Hall–Kier alpha value is -3.44. The molecule has 1 amide bonds. The summed E-state index contributed by atoms with van der Waals surface area (Å²) >= 11 is 0. The highest BCUT2D eigenvalue weighted by atomic mass is 19.1. The van der Waals surface area contributed by atoms with Crippen LogP contribution in [0.4, 0.5) is 4.39 Å². The summed E-state index contributed by atoms with van der Waals surface area (Å²) in [5.74, 6) is -0.345. The third-order valence-electron chi connectivity index (χ3n) is 5.35. The molecule has 4 aromatic rings. The van der Waals surface area contributed by atoms with Crippen molar-refractivity contribution in [2.75, 3.05) is 13.6 Å². The number of nitrogens with zero attached hydrogens (tertiary/aromatic N) is 1. The summed E-state index contributed by atoms with van der Waals surface area (Å²) in [6.07, 6.45) is 2.55. The maximum Gasteiger partial charge on any atom is 0.251 e. The molecule has 0 saturated heterocycles. The van der Waals surface area contributed by atoms with Gasteiger partial charge in [0, 0.05) is 42.3 Å². The van der Waals surface area contributed by atoms with E-state index in [9.17, 15) is 9.18 Å². The Labute approximate surface area is 181 Å². The Morgan fingerprint density at radius 1 is 0.968 bits per heavy atom. The second-order valence-corrected chi connectivity index (χ2v) is 7.87. The summed E-state index contributed by atoms with van der Waals surface area (Å²) in [7, 11) is 2.08. The average Bonchev–Trinajstić information content (AvgIpc) is 3.16. The number of fused-ring (bicyclic) bond motifs is 1. The number of amides is 1. The van der Waals surface area contributed by atoms with Gasteiger partial charge >= 0.3 is 0 Å². The lowest BCUT2D eigenvalue weighted by atomic mass is 10.1. The monoisotopic (exact) mass is 415 g/mol. The Bertz CT molecular complexity index is 1170. The van der Waals surface area contributed by atoms with Gasteiger partial charge in [-0.05, 0) is 60.5 Å². The summed E-state index contributed by atoms with van der Waals surface area (Å²) < 4.78 is 13.3. The van der Waals surface area contributed by atoms with E-state index in [2.05, 4.69) is 34.4 Å². The molecular weight excluding hydrogens is 389 g/mol. The first-order valence-electron chi connectivity index (χ1n) is 10.4. The van der Waals surface area contributed by atoms with Gasteiger partial charge in [-0.1, -0.05) is 42.5 Å². The highest BCUT2D eigenvalue weighted by molar-refractivity contribution is 5.94. The van der Waals surface area contributed by atoms with Crippen molar-refractivity contribution in [2.24, 2.45) is 0 Å². The fourth-order valence-electron chi connectivity index (χ4n) is 3.85. The molecule has 0 atom stereocenters. The molecule has 158 valence electrons. The number of aromatic nitrogens is 1. The van der Waals surface area contributed by atoms with Gasteiger partial charge in [0.2, 0.25) is 0 Å². The molecule has 4 rings (SSSR count). The van der Waals surface area contributed by atoms with E-state index in [1.807, 2.05) is 48.7 Å². The van der Waals surface area contributed by atoms with Gasteiger partial charge < -0.3 is 10.3 Å². The number of hydrogen-bond donors (Lipinski definition) is 2. The molecule has 3 aromatic carbocycles. The minimum absolute atomic E-state index is 0.0848. The molecule has 0 aliphatic heterocycles. The van der Waals surface area contributed by atoms with Crippen molar-refractivity contribution in [3.8, 4) is 0 Å². The van der Waals surface area contributed by atoms with Gasteiger partial charge in [0.25, 0.3) is 5.91 Å². The molecule has 0 spiro atoms. The summed E-state index contributed by atoms with van der Waals surface area (Å²) in [4.78, 5) is 17.9. The number of carbonyl (C=O) groups is 1. The number of nitrogens with one attached hydrogen (secondary N) is 2. The van der Waals surface area contributed by atoms with Crippen molar-refractivity contribution in [1.82, 2.24) is 15.2 Å². The van der Waals surface area contributed by atoms with Crippen molar-refractivity contribution in [2.45, 2.75) is 19.5 Å². The quantitative estimate of drug-likeness (QED) is 0.430. The van der Waals surface area contributed by atoms with E-state index in [4.69, 9.17) is 0 Å². The topological polar surface area (TPSA) is 48.1 Å². The van der Waals surface area contributed by atoms with E-state index in [0.717, 1.165) is 35.1 Å². The van der Waals surface area contributed by atoms with Crippen LogP contribution in [0.2, 0.25) is 0 Å². The number of hydrogen-bond acceptors (Lipinski definition) is 2. The second kappa shape index (κ2) is 9.58. The third kappa shape index (κ3) is 5.38. The minimum Gasteiger partial charge on any atom is -0.361 e. The van der Waals surface area contributed by atoms with Crippen LogP contribution in [0.15, 0.2) is 79.0 Å². The highest BCUT2D eigenvalue weighted by Crippen LogP contribution is 2.19. The Balaban J connectivity index is 1.32. The van der Waals surface area contributed by atoms with Crippen LogP contribution in [0.5, 0.6) is 0 Å². The van der Waals surface area contributed by atoms with Gasteiger partial charge in [-0.25, -0.2) is 4.39 Å². The van der Waals surface area contributed by atoms with E-state index in [1.54, 1.807) is 6.07 Å². The molecule has 1 aromatic heterocycles. The van der Waals surface area contributed by atoms with Crippen LogP contribution in [0.1, 0.15) is 27.0 Å². The van der Waals surface area contributed by atoms with Crippen LogP contribution in [0.25, 0.3) is 10.9 Å². The molecule has 31 heavy (non-hydrogen) atoms. The van der Waals surface area contributed by atoms with E-state index in [0.29, 0.717) is 18.5 Å². The first-order valence-corrected chi connectivity index (χ1v) is 10.4. The van der Waals surface area contributed by atoms with Crippen LogP contribution in [-0.2, 0) is 19.5 Å². The second-order valence-electron chi connectivity index (χ2n) is 7.87. The molecule has 0 bridgehead atoms. The summed E-state index contributed by atoms with van der Waals surface area (Å²) in [6.45, 7) is 2.13. The third-order valence-corrected chi connectivity index (χ3v) is 5.35. The number of rotatable bonds is 8. The van der Waals surface area contributed by atoms with Crippen LogP contribution in [0.3, 0.4) is 0 Å². The lowest BCUT2D eigenvalue weighted by molar-refractivity contribution is 0.0954. The summed E-state index contributed by atoms with van der Waals surface area (Å²) in [6, 6.07) is 22.8. The first kappa shape index (κ1) is 20.8. The maximum absolute atomic E-state index is 13.3. The zero-order valence-electron chi connectivity index (χ0n) is 17.6. The van der Waals surface area contributed by atoms with E-state index >= 15 is 0 Å². The van der Waals surface area contributed by atoms with Crippen molar-refractivity contribution >= 4 is 16.8 Å². The summed E-state index contributed by atoms with van der Waals surface area (Å²) in [5.41, 5.74) is 4.86. The fraction of sp³-hybridized carbons (Fsp3) is 0.192. The predicted molar refractivity (Wildman–Crippen MR) is 122 cm³/mol. The summed E-state index contributed by atoms with van der Waals surface area (Å²) in [5, 5.41) is 3.98. The van der Waals surface area contributed by atoms with Crippen molar-refractivity contribution < 1.29 is 9.18 Å². The number of H-pyrrole nitrogens is 1. The number of carbonyl (C=O) groups excluding carboxylic acids is 1. The molecule has 0 aliphatic rings. The molecule has 0 unspecified atom stereocenters. The zero-order chi connectivity index (χ0) is 21.6. The molecule has 4 nitrogen and oxygen atoms in total. The van der Waals surface area contributed by atoms with E-state index < -0.39 is 0 Å². The van der Waals surface area contributed by atoms with Crippen LogP contribution < -0.4 is 5.32 Å². The van der Waals surface area contributed by atoms with Gasteiger partial charge in [0.15, 0.2) is 0 Å². The SMILES string of the molecule is CN(Cc1ccccc1)Cc1cccc(C(=O)NCCc2c[nH]c3cc(F)ccc23)c1. The van der Waals surface area contributed by atoms with Gasteiger partial charge in [0.1, 0.15) is 5.82 Å². The Morgan fingerprint density at radius 2 is 1.74 bits per heavy atom. The smallest absolute Gasteiger partial charge is 0.251 e. The van der Waals surface area contributed by atoms with Crippen LogP contribution in [0, 0.1) is 5.82 Å². The molecule has 0 saturated carbocycles. The number of halogens is 1. The highest BCUT2D eigenvalue weighted by Gasteiger charge is 2.09. The number of benzene rings is 3. The molecule has 0 fully saturated rings. The van der Waals surface area contributed by atoms with Gasteiger partial charge in [-0.3, -0.25) is 9.69 Å². The average molecular weight is 416 g/mol. The zero-order valence-corrected chi connectivity index (χ0v) is 17.6. The van der Waals surface area contributed by atoms with Crippen LogP contribution in [-0.4, -0.2) is 29.4 Å². The van der Waals surface area contributed by atoms with E-state index in [1.165, 1.54) is 17.7 Å². The van der Waals surface area contributed by atoms with Gasteiger partial charge in [-0.15, -0.1) is 0 Å². The van der Waals surface area contributed by atoms with Crippen molar-refractivity contribution in [3.63, 3.8) is 0 Å². The largest absolute Gasteiger partial charge is 0.361 e. The molecular formula is C26H26FN3O. The lowest BCUT2D eigenvalue weighted by Gasteiger charge is -2.17. The standard InChI is InChI=1S/C26H26FN3O/c1-30(17-19-6-3-2-4-7-19)18-20-8-5-9-21(14-20)26(31)28-13-12-22-16-29-25-15-23(27)10-11-24(22)25/h2-11,14-16,29H,12-13,17-18H2,1H3,(H,28,31). The first-order chi connectivity index (χ1) is 15.1. The fourth-order valence-corrected chi connectivity index (χ4v) is 3.85. The Morgan fingerprint density at radius 3 is 2.58 bits per heavy atom. The Kier molecular flexibility index (Phi) is 6.43. The van der Waals surface area contributed by atoms with Gasteiger partial charge in [0.05, 0.1) is 0 Å². The molecule has 0 aliphatic carbocycles. The minimum atomic E-state index is -0.261. The lowest BCUT2D eigenvalue weighted by Crippen LogP contribution is -2.26. The maximum atomic E-state index is 13.3. The molecule has 0 radical (unpaired) electrons. The molecule has 1 heterocycles. The van der Waals surface area contributed by atoms with Crippen molar-refractivity contribution in [1.29, 1.82) is 0 Å². The normalized spacial score (nSPS) is 11.2. The number of aromatic amines is 1. The molecule has 2 N–H and O–H groups in total. The van der Waals surface area contributed by atoms with Crippen molar-refractivity contribution in [3.05, 3.63) is 107 Å². The van der Waals surface area contributed by atoms with Crippen LogP contribution >= 0.6 is 0 Å². The van der Waals surface area contributed by atoms with Gasteiger partial charge in [-0.2, -0.15) is 0 Å². The molecule has 5 heteroatoms. The van der Waals surface area contributed by atoms with E-state index in [-0.39, 0.29) is 11.7 Å². The predicted octanol–water partition coefficient (Wildman–Crippen LogP) is 4.91.